The van der Waals surface area contributed by atoms with Gasteiger partial charge in [0.1, 0.15) is 0 Å². The Balaban J connectivity index is 3.94. The second-order valence-electron chi connectivity index (χ2n) is 1.17. The van der Waals surface area contributed by atoms with Crippen molar-refractivity contribution in [1.82, 2.24) is 0 Å². The minimum atomic E-state index is -3.21. The number of sulfone groups is 1. The predicted octanol–water partition coefficient (Wildman–Crippen LogP) is -0.792. The van der Waals surface area contributed by atoms with Gasteiger partial charge in [0.25, 0.3) is 0 Å². The average molecular weight is 153 g/mol. The van der Waals surface area contributed by atoms with Gasteiger partial charge in [0.2, 0.25) is 0 Å². The summed E-state index contributed by atoms with van der Waals surface area (Å²) in [6, 6.07) is 0. The maximum absolute atomic E-state index is 10.1. The van der Waals surface area contributed by atoms with Gasteiger partial charge in [-0.25, -0.2) is 12.6 Å². The first kappa shape index (κ1) is 7.84. The van der Waals surface area contributed by atoms with Crippen molar-refractivity contribution < 1.29 is 12.6 Å². The molecule has 0 bridgehead atoms. The van der Waals surface area contributed by atoms with Gasteiger partial charge in [0.05, 0.1) is 23.3 Å². The van der Waals surface area contributed by atoms with Crippen LogP contribution in [0.1, 0.15) is 0 Å². The minimum absolute atomic E-state index is 0.134. The van der Waals surface area contributed by atoms with Crippen molar-refractivity contribution in [3.63, 3.8) is 0 Å². The van der Waals surface area contributed by atoms with Crippen LogP contribution in [0.15, 0.2) is 0 Å². The molecule has 0 aromatic rings. The molecule has 0 N–H and O–H groups in total. The molecule has 0 aromatic carbocycles. The molecule has 0 unspecified atom stereocenters. The molecule has 3 nitrogen and oxygen atoms in total. The monoisotopic (exact) mass is 153 g/mol. The standard InChI is InChI=1S/C3H5O3S2/c1-8(5,6)3-2-7-4/h2H,1,3H2. The summed E-state index contributed by atoms with van der Waals surface area (Å²) in [5, 5.41) is 1.04. The number of hydrogen-bond acceptors (Lipinski definition) is 3. The largest absolute Gasteiger partial charge is 0.228 e. The zero-order valence-corrected chi connectivity index (χ0v) is 5.67. The lowest BCUT2D eigenvalue weighted by Crippen LogP contribution is -2.00. The minimum Gasteiger partial charge on any atom is -0.228 e. The maximum Gasteiger partial charge on any atom is 0.155 e. The Morgan fingerprint density at radius 1 is 1.62 bits per heavy atom. The van der Waals surface area contributed by atoms with Crippen molar-refractivity contribution in [1.29, 1.82) is 0 Å². The van der Waals surface area contributed by atoms with Crippen LogP contribution < -0.4 is 0 Å². The molecule has 0 rings (SSSR count). The summed E-state index contributed by atoms with van der Waals surface area (Å²) in [6.45, 7) is 0. The fourth-order valence-electron chi connectivity index (χ4n) is 0.131. The van der Waals surface area contributed by atoms with Crippen LogP contribution in [0.5, 0.6) is 0 Å². The molecule has 0 saturated heterocycles. The predicted molar refractivity (Wildman–Crippen MR) is 33.4 cm³/mol. The van der Waals surface area contributed by atoms with Crippen molar-refractivity contribution in [2.24, 2.45) is 0 Å². The van der Waals surface area contributed by atoms with E-state index < -0.39 is 9.84 Å². The molecule has 0 amide bonds. The molecule has 0 fully saturated rings. The first-order valence-corrected chi connectivity index (χ1v) is 4.35. The van der Waals surface area contributed by atoms with Gasteiger partial charge in [-0.1, -0.05) is 0 Å². The summed E-state index contributed by atoms with van der Waals surface area (Å²) in [4.78, 5) is 0. The summed E-state index contributed by atoms with van der Waals surface area (Å²) >= 11 is 0.134. The van der Waals surface area contributed by atoms with Crippen LogP contribution in [0.3, 0.4) is 0 Å². The van der Waals surface area contributed by atoms with E-state index in [9.17, 15) is 12.6 Å². The summed E-state index contributed by atoms with van der Waals surface area (Å²) in [7, 11) is -3.21. The number of rotatable bonds is 2. The average Bonchev–Trinajstić information content (AvgIpc) is 1.59. The summed E-state index contributed by atoms with van der Waals surface area (Å²) in [6.07, 6.45) is 2.80. The van der Waals surface area contributed by atoms with Crippen molar-refractivity contribution in [2.45, 2.75) is 0 Å². The Morgan fingerprint density at radius 3 is 2.25 bits per heavy atom. The quantitative estimate of drug-likeness (QED) is 0.488. The van der Waals surface area contributed by atoms with E-state index in [1.54, 1.807) is 0 Å². The van der Waals surface area contributed by atoms with E-state index in [2.05, 4.69) is 6.26 Å². The molecular formula is C3H5O3S2. The van der Waals surface area contributed by atoms with Crippen molar-refractivity contribution in [3.8, 4) is 0 Å². The Bertz CT molecular complexity index is 197. The molecular weight excluding hydrogens is 148 g/mol. The molecule has 0 aliphatic rings. The van der Waals surface area contributed by atoms with E-state index in [4.69, 9.17) is 0 Å². The highest BCUT2D eigenvalue weighted by Crippen LogP contribution is 1.78. The first-order chi connectivity index (χ1) is 3.56. The van der Waals surface area contributed by atoms with Crippen molar-refractivity contribution >= 4 is 26.5 Å². The SMILES string of the molecule is [CH2]S(=O)(=O)CC=S=O. The molecule has 0 spiro atoms. The molecule has 0 saturated carbocycles. The highest BCUT2D eigenvalue weighted by atomic mass is 32.2. The highest BCUT2D eigenvalue weighted by molar-refractivity contribution is 7.93. The normalized spacial score (nSPS) is 10.6. The third-order valence-electron chi connectivity index (χ3n) is 0.390. The van der Waals surface area contributed by atoms with E-state index in [1.807, 2.05) is 0 Å². The van der Waals surface area contributed by atoms with Gasteiger partial charge in [0.15, 0.2) is 9.84 Å². The summed E-state index contributed by atoms with van der Waals surface area (Å²) < 4.78 is 29.7. The summed E-state index contributed by atoms with van der Waals surface area (Å²) in [5.74, 6) is -0.249. The van der Waals surface area contributed by atoms with Gasteiger partial charge >= 0.3 is 0 Å². The van der Waals surface area contributed by atoms with Gasteiger partial charge in [-0.2, -0.15) is 0 Å². The van der Waals surface area contributed by atoms with Crippen LogP contribution >= 0.6 is 0 Å². The lowest BCUT2D eigenvalue weighted by atomic mass is 11.0. The second-order valence-corrected chi connectivity index (χ2v) is 3.52. The zero-order valence-electron chi connectivity index (χ0n) is 4.03. The summed E-state index contributed by atoms with van der Waals surface area (Å²) in [5.41, 5.74) is 0. The van der Waals surface area contributed by atoms with Gasteiger partial charge in [-0.3, -0.25) is 0 Å². The second kappa shape index (κ2) is 2.99. The van der Waals surface area contributed by atoms with E-state index in [-0.39, 0.29) is 17.0 Å². The fourth-order valence-corrected chi connectivity index (χ4v) is 1.18. The van der Waals surface area contributed by atoms with Crippen LogP contribution in [0.2, 0.25) is 0 Å². The Labute approximate surface area is 51.7 Å². The van der Waals surface area contributed by atoms with Crippen molar-refractivity contribution in [2.75, 3.05) is 5.75 Å². The first-order valence-electron chi connectivity index (χ1n) is 1.72. The topological polar surface area (TPSA) is 51.2 Å². The third-order valence-corrected chi connectivity index (χ3v) is 1.58. The molecule has 0 aliphatic carbocycles. The van der Waals surface area contributed by atoms with Gasteiger partial charge in [0, 0.05) is 5.37 Å². The molecule has 47 valence electrons. The lowest BCUT2D eigenvalue weighted by Gasteiger charge is -1.81. The molecule has 8 heavy (non-hydrogen) atoms. The smallest absolute Gasteiger partial charge is 0.155 e. The highest BCUT2D eigenvalue weighted by Gasteiger charge is 1.95. The Kier molecular flexibility index (Phi) is 2.93. The molecule has 0 heterocycles. The van der Waals surface area contributed by atoms with Gasteiger partial charge in [-0.15, -0.1) is 0 Å². The molecule has 5 heteroatoms. The molecule has 0 aromatic heterocycles. The molecule has 0 atom stereocenters. The van der Waals surface area contributed by atoms with Crippen LogP contribution in [0.4, 0.5) is 0 Å². The van der Waals surface area contributed by atoms with Crippen molar-refractivity contribution in [3.05, 3.63) is 6.26 Å². The molecule has 0 aliphatic heterocycles. The van der Waals surface area contributed by atoms with E-state index in [1.165, 1.54) is 0 Å². The van der Waals surface area contributed by atoms with Crippen LogP contribution in [-0.4, -0.2) is 23.7 Å². The Hall–Kier alpha value is -0.160. The van der Waals surface area contributed by atoms with Gasteiger partial charge in [-0.05, 0) is 0 Å². The third kappa shape index (κ3) is 5.84. The molecule has 1 radical (unpaired) electrons. The van der Waals surface area contributed by atoms with Crippen LogP contribution in [0, 0.1) is 6.26 Å². The Morgan fingerprint density at radius 2 is 2.12 bits per heavy atom. The van der Waals surface area contributed by atoms with Gasteiger partial charge < -0.3 is 0 Å². The lowest BCUT2D eigenvalue weighted by molar-refractivity contribution is 0.608. The fraction of sp³-hybridized carbons (Fsp3) is 0.333. The zero-order chi connectivity index (χ0) is 6.62. The maximum atomic E-state index is 10.1. The van der Waals surface area contributed by atoms with Crippen LogP contribution in [0.25, 0.3) is 0 Å². The van der Waals surface area contributed by atoms with E-state index in [0.717, 1.165) is 5.37 Å². The van der Waals surface area contributed by atoms with E-state index >= 15 is 0 Å². The van der Waals surface area contributed by atoms with E-state index in [0.29, 0.717) is 0 Å². The van der Waals surface area contributed by atoms with Crippen LogP contribution in [-0.2, 0) is 21.1 Å². The number of hydrogen-bond donors (Lipinski definition) is 0.